The Labute approximate surface area is 179 Å². The maximum absolute atomic E-state index is 12.4. The number of nitrogens with one attached hydrogen (secondary N) is 1. The Kier molecular flexibility index (Phi) is 9.77. The van der Waals surface area contributed by atoms with Crippen molar-refractivity contribution in [3.8, 4) is 0 Å². The van der Waals surface area contributed by atoms with Crippen molar-refractivity contribution in [3.05, 3.63) is 11.6 Å². The van der Waals surface area contributed by atoms with Crippen LogP contribution in [0.4, 0.5) is 4.79 Å². The maximum atomic E-state index is 12.4. The Bertz CT molecular complexity index is 722. The van der Waals surface area contributed by atoms with Crippen LogP contribution in [-0.4, -0.2) is 63.3 Å². The molecule has 3 atom stereocenters. The predicted octanol–water partition coefficient (Wildman–Crippen LogP) is 2.69. The fourth-order valence-corrected chi connectivity index (χ4v) is 3.70. The zero-order valence-electron chi connectivity index (χ0n) is 18.9. The van der Waals surface area contributed by atoms with E-state index in [9.17, 15) is 18.0 Å². The van der Waals surface area contributed by atoms with Crippen molar-refractivity contribution in [1.82, 2.24) is 5.32 Å². The molecule has 0 unspecified atom stereocenters. The van der Waals surface area contributed by atoms with Crippen molar-refractivity contribution >= 4 is 22.2 Å². The topological polar surface area (TPSA) is 117 Å². The number of hydrogen-bond acceptors (Lipinski definition) is 8. The van der Waals surface area contributed by atoms with Crippen LogP contribution in [0.3, 0.4) is 0 Å². The first kappa shape index (κ1) is 26.4. The molecule has 1 aliphatic carbocycles. The molecule has 0 aromatic heterocycles. The Morgan fingerprint density at radius 2 is 1.80 bits per heavy atom. The van der Waals surface area contributed by atoms with Gasteiger partial charge in [0, 0.05) is 12.0 Å². The van der Waals surface area contributed by atoms with Gasteiger partial charge >= 0.3 is 12.1 Å². The predicted molar refractivity (Wildman–Crippen MR) is 111 cm³/mol. The summed E-state index contributed by atoms with van der Waals surface area (Å²) in [6.07, 6.45) is 1.07. The maximum Gasteiger partial charge on any atom is 0.408 e. The van der Waals surface area contributed by atoms with E-state index in [4.69, 9.17) is 18.4 Å². The Morgan fingerprint density at radius 1 is 1.20 bits per heavy atom. The monoisotopic (exact) mass is 449 g/mol. The van der Waals surface area contributed by atoms with Gasteiger partial charge in [0.2, 0.25) is 0 Å². The third-order valence-corrected chi connectivity index (χ3v) is 4.92. The lowest BCUT2D eigenvalue weighted by atomic mass is 9.89. The molecule has 174 valence electrons. The summed E-state index contributed by atoms with van der Waals surface area (Å²) in [4.78, 5) is 24.8. The van der Waals surface area contributed by atoms with Crippen LogP contribution in [0.2, 0.25) is 0 Å². The summed E-state index contributed by atoms with van der Waals surface area (Å²) in [5, 5.41) is 2.67. The van der Waals surface area contributed by atoms with Gasteiger partial charge in [-0.1, -0.05) is 13.8 Å². The highest BCUT2D eigenvalue weighted by Gasteiger charge is 2.41. The molecule has 0 spiro atoms. The first-order valence-corrected chi connectivity index (χ1v) is 12.0. The molecule has 1 amide bonds. The van der Waals surface area contributed by atoms with Gasteiger partial charge in [-0.25, -0.2) is 9.59 Å². The first-order valence-electron chi connectivity index (χ1n) is 10.2. The highest BCUT2D eigenvalue weighted by molar-refractivity contribution is 7.86. The zero-order chi connectivity index (χ0) is 23.1. The number of rotatable bonds is 9. The number of carbonyl (C=O) groups excluding carboxylic acids is 2. The fourth-order valence-electron chi connectivity index (χ4n) is 3.06. The van der Waals surface area contributed by atoms with E-state index in [0.717, 1.165) is 6.26 Å². The fraction of sp³-hybridized carbons (Fsp3) is 0.800. The lowest BCUT2D eigenvalue weighted by Crippen LogP contribution is -2.56. The number of esters is 1. The van der Waals surface area contributed by atoms with Crippen molar-refractivity contribution in [3.63, 3.8) is 0 Å². The van der Waals surface area contributed by atoms with E-state index in [0.29, 0.717) is 12.8 Å². The minimum Gasteiger partial charge on any atom is -0.463 e. The second-order valence-electron chi connectivity index (χ2n) is 8.17. The minimum atomic E-state index is -3.88. The largest absolute Gasteiger partial charge is 0.463 e. The van der Waals surface area contributed by atoms with E-state index in [1.165, 1.54) is 0 Å². The van der Waals surface area contributed by atoms with Gasteiger partial charge in [0.05, 0.1) is 31.1 Å². The molecule has 0 saturated heterocycles. The molecule has 1 aliphatic rings. The van der Waals surface area contributed by atoms with E-state index in [1.807, 2.05) is 13.8 Å². The molecule has 0 fully saturated rings. The van der Waals surface area contributed by atoms with Crippen molar-refractivity contribution < 1.29 is 36.4 Å². The molecule has 0 aromatic rings. The number of carbonyl (C=O) groups is 2. The normalized spacial score (nSPS) is 22.4. The molecule has 1 rings (SSSR count). The molecule has 1 N–H and O–H groups in total. The molecule has 0 aromatic carbocycles. The second-order valence-corrected chi connectivity index (χ2v) is 9.77. The highest BCUT2D eigenvalue weighted by Crippen LogP contribution is 2.28. The summed E-state index contributed by atoms with van der Waals surface area (Å²) in [5.74, 6) is -0.575. The Hall–Kier alpha value is -1.65. The van der Waals surface area contributed by atoms with Crippen molar-refractivity contribution in [2.24, 2.45) is 0 Å². The molecular weight excluding hydrogens is 414 g/mol. The lowest BCUT2D eigenvalue weighted by Gasteiger charge is -2.37. The lowest BCUT2D eigenvalue weighted by molar-refractivity contribution is -0.139. The Balaban J connectivity index is 3.31. The third-order valence-electron chi connectivity index (χ3n) is 4.32. The molecule has 0 heterocycles. The molecular formula is C20H35NO8S. The van der Waals surface area contributed by atoms with Crippen LogP contribution in [0.1, 0.15) is 60.8 Å². The Morgan fingerprint density at radius 3 is 2.27 bits per heavy atom. The van der Waals surface area contributed by atoms with Crippen molar-refractivity contribution in [2.75, 3.05) is 12.9 Å². The second kappa shape index (κ2) is 11.1. The van der Waals surface area contributed by atoms with Crippen LogP contribution in [0.25, 0.3) is 0 Å². The summed E-state index contributed by atoms with van der Waals surface area (Å²) in [6, 6.07) is -0.881. The standard InChI is InChI=1S/C20H35NO8S/c1-8-14(9-2)27-15-11-13(18(22)26-10-3)12-16(29-30(7,24)25)17(15)21-19(23)28-20(4,5)6/h11,14-17H,8-10,12H2,1-7H3,(H,21,23)/t15-,16-,17+/m1/s1. The summed E-state index contributed by atoms with van der Waals surface area (Å²) >= 11 is 0. The average molecular weight is 450 g/mol. The average Bonchev–Trinajstić information content (AvgIpc) is 2.59. The van der Waals surface area contributed by atoms with Gasteiger partial charge in [0.25, 0.3) is 10.1 Å². The number of ether oxygens (including phenoxy) is 3. The van der Waals surface area contributed by atoms with Crippen LogP contribution in [0.5, 0.6) is 0 Å². The summed E-state index contributed by atoms with van der Waals surface area (Å²) in [7, 11) is -3.88. The van der Waals surface area contributed by atoms with E-state index >= 15 is 0 Å². The van der Waals surface area contributed by atoms with E-state index in [-0.39, 0.29) is 24.7 Å². The smallest absolute Gasteiger partial charge is 0.408 e. The van der Waals surface area contributed by atoms with Crippen LogP contribution in [-0.2, 0) is 33.3 Å². The van der Waals surface area contributed by atoms with Gasteiger partial charge in [-0.05, 0) is 46.6 Å². The van der Waals surface area contributed by atoms with Crippen LogP contribution < -0.4 is 5.32 Å². The summed E-state index contributed by atoms with van der Waals surface area (Å²) < 4.78 is 45.4. The molecule has 0 saturated carbocycles. The van der Waals surface area contributed by atoms with Crippen LogP contribution in [0.15, 0.2) is 11.6 Å². The third kappa shape index (κ3) is 9.01. The zero-order valence-corrected chi connectivity index (χ0v) is 19.7. The van der Waals surface area contributed by atoms with Gasteiger partial charge in [-0.2, -0.15) is 8.42 Å². The number of hydrogen-bond donors (Lipinski definition) is 1. The molecule has 0 aliphatic heterocycles. The summed E-state index contributed by atoms with van der Waals surface area (Å²) in [5.41, 5.74) is -0.507. The SMILES string of the molecule is CCOC(=O)C1=C[C@@H](OC(CC)CC)[C@H](NC(=O)OC(C)(C)C)[C@H](OS(C)(=O)=O)C1. The molecule has 9 nitrogen and oxygen atoms in total. The van der Waals surface area contributed by atoms with Gasteiger partial charge < -0.3 is 19.5 Å². The quantitative estimate of drug-likeness (QED) is 0.422. The molecule has 0 radical (unpaired) electrons. The van der Waals surface area contributed by atoms with E-state index < -0.39 is 46.0 Å². The van der Waals surface area contributed by atoms with Gasteiger partial charge in [0.15, 0.2) is 0 Å². The van der Waals surface area contributed by atoms with E-state index in [1.54, 1.807) is 33.8 Å². The molecule has 0 bridgehead atoms. The molecule has 30 heavy (non-hydrogen) atoms. The van der Waals surface area contributed by atoms with Crippen molar-refractivity contribution in [1.29, 1.82) is 0 Å². The van der Waals surface area contributed by atoms with Crippen LogP contribution in [0, 0.1) is 0 Å². The number of alkyl carbamates (subject to hydrolysis) is 1. The first-order chi connectivity index (χ1) is 13.8. The van der Waals surface area contributed by atoms with Crippen molar-refractivity contribution in [2.45, 2.75) is 90.8 Å². The molecule has 10 heteroatoms. The van der Waals surface area contributed by atoms with Gasteiger partial charge in [-0.3, -0.25) is 4.18 Å². The van der Waals surface area contributed by atoms with Gasteiger partial charge in [-0.15, -0.1) is 0 Å². The van der Waals surface area contributed by atoms with E-state index in [2.05, 4.69) is 5.32 Å². The summed E-state index contributed by atoms with van der Waals surface area (Å²) in [6.45, 7) is 10.9. The number of amides is 1. The minimum absolute atomic E-state index is 0.0604. The van der Waals surface area contributed by atoms with Crippen LogP contribution >= 0.6 is 0 Å². The van der Waals surface area contributed by atoms with Gasteiger partial charge in [0.1, 0.15) is 11.7 Å². The highest BCUT2D eigenvalue weighted by atomic mass is 32.2.